The molecule has 0 bridgehead atoms. The van der Waals surface area contributed by atoms with Gasteiger partial charge in [-0.15, -0.1) is 0 Å². The monoisotopic (exact) mass is 328 g/mol. The summed E-state index contributed by atoms with van der Waals surface area (Å²) in [5, 5.41) is 5.99. The maximum absolute atomic E-state index is 11.8. The van der Waals surface area contributed by atoms with E-state index in [1.165, 1.54) is 0 Å². The second kappa shape index (κ2) is 8.29. The van der Waals surface area contributed by atoms with E-state index in [0.717, 1.165) is 11.1 Å². The minimum Gasteiger partial charge on any atom is -0.484 e. The molecule has 0 aromatic heterocycles. The second-order valence-electron chi connectivity index (χ2n) is 5.26. The SMILES string of the molecule is Cc1ccc(OCC(=O)NC(=S)NC(C)c2ccccc2)cc1. The van der Waals surface area contributed by atoms with Crippen LogP contribution >= 0.6 is 12.2 Å². The third kappa shape index (κ3) is 5.71. The van der Waals surface area contributed by atoms with Crippen LogP contribution in [0.4, 0.5) is 0 Å². The molecule has 2 N–H and O–H groups in total. The maximum atomic E-state index is 11.8. The zero-order chi connectivity index (χ0) is 16.7. The Morgan fingerprint density at radius 1 is 1.13 bits per heavy atom. The minimum atomic E-state index is -0.289. The number of hydrogen-bond acceptors (Lipinski definition) is 3. The number of amides is 1. The normalized spacial score (nSPS) is 11.4. The summed E-state index contributed by atoms with van der Waals surface area (Å²) in [5.41, 5.74) is 2.24. The Bertz CT molecular complexity index is 656. The molecule has 0 radical (unpaired) electrons. The largest absolute Gasteiger partial charge is 0.484 e. The van der Waals surface area contributed by atoms with Crippen LogP contribution in [-0.4, -0.2) is 17.6 Å². The van der Waals surface area contributed by atoms with Gasteiger partial charge >= 0.3 is 0 Å². The zero-order valence-corrected chi connectivity index (χ0v) is 14.0. The lowest BCUT2D eigenvalue weighted by molar-refractivity contribution is -0.121. The van der Waals surface area contributed by atoms with Crippen molar-refractivity contribution in [1.29, 1.82) is 0 Å². The van der Waals surface area contributed by atoms with Gasteiger partial charge in [-0.25, -0.2) is 0 Å². The van der Waals surface area contributed by atoms with Crippen LogP contribution in [0.2, 0.25) is 0 Å². The molecule has 0 saturated heterocycles. The highest BCUT2D eigenvalue weighted by atomic mass is 32.1. The summed E-state index contributed by atoms with van der Waals surface area (Å²) in [7, 11) is 0. The number of rotatable bonds is 5. The fraction of sp³-hybridized carbons (Fsp3) is 0.222. The van der Waals surface area contributed by atoms with Crippen molar-refractivity contribution in [3.63, 3.8) is 0 Å². The third-order valence-corrected chi connectivity index (χ3v) is 3.51. The van der Waals surface area contributed by atoms with E-state index in [1.807, 2.05) is 68.4 Å². The van der Waals surface area contributed by atoms with Gasteiger partial charge in [0.15, 0.2) is 11.7 Å². The van der Waals surface area contributed by atoms with E-state index >= 15 is 0 Å². The number of carbonyl (C=O) groups excluding carboxylic acids is 1. The number of hydrogen-bond donors (Lipinski definition) is 2. The Labute approximate surface area is 141 Å². The molecule has 5 heteroatoms. The Balaban J connectivity index is 1.76. The fourth-order valence-corrected chi connectivity index (χ4v) is 2.29. The van der Waals surface area contributed by atoms with Crippen molar-refractivity contribution in [3.05, 3.63) is 65.7 Å². The summed E-state index contributed by atoms with van der Waals surface area (Å²) in [4.78, 5) is 11.8. The van der Waals surface area contributed by atoms with Gasteiger partial charge in [0.25, 0.3) is 5.91 Å². The summed E-state index contributed by atoms with van der Waals surface area (Å²) < 4.78 is 5.41. The van der Waals surface area contributed by atoms with Crippen LogP contribution in [0.1, 0.15) is 24.1 Å². The molecule has 2 aromatic carbocycles. The number of carbonyl (C=O) groups is 1. The van der Waals surface area contributed by atoms with E-state index in [-0.39, 0.29) is 18.6 Å². The first-order valence-electron chi connectivity index (χ1n) is 7.39. The first-order valence-corrected chi connectivity index (χ1v) is 7.80. The molecule has 0 heterocycles. The molecular formula is C18H20N2O2S. The lowest BCUT2D eigenvalue weighted by Gasteiger charge is -2.16. The molecule has 1 atom stereocenters. The minimum absolute atomic E-state index is 0.0158. The van der Waals surface area contributed by atoms with Crippen molar-refractivity contribution in [3.8, 4) is 5.75 Å². The van der Waals surface area contributed by atoms with Crippen LogP contribution in [0.25, 0.3) is 0 Å². The first-order chi connectivity index (χ1) is 11.0. The molecule has 1 amide bonds. The second-order valence-corrected chi connectivity index (χ2v) is 5.66. The Morgan fingerprint density at radius 3 is 2.43 bits per heavy atom. The van der Waals surface area contributed by atoms with Crippen molar-refractivity contribution < 1.29 is 9.53 Å². The van der Waals surface area contributed by atoms with E-state index in [9.17, 15) is 4.79 Å². The predicted molar refractivity (Wildman–Crippen MR) is 95.4 cm³/mol. The van der Waals surface area contributed by atoms with E-state index in [2.05, 4.69) is 10.6 Å². The van der Waals surface area contributed by atoms with Gasteiger partial charge in [0, 0.05) is 0 Å². The summed E-state index contributed by atoms with van der Waals surface area (Å²) in [5.74, 6) is 0.366. The highest BCUT2D eigenvalue weighted by Crippen LogP contribution is 2.11. The molecule has 0 aliphatic heterocycles. The van der Waals surface area contributed by atoms with E-state index < -0.39 is 0 Å². The Kier molecular flexibility index (Phi) is 6.11. The molecule has 120 valence electrons. The molecule has 0 aliphatic rings. The summed E-state index contributed by atoms with van der Waals surface area (Å²) in [6, 6.07) is 17.4. The Hall–Kier alpha value is -2.40. The van der Waals surface area contributed by atoms with Crippen molar-refractivity contribution in [2.75, 3.05) is 6.61 Å². The molecule has 0 fully saturated rings. The molecule has 0 spiro atoms. The molecular weight excluding hydrogens is 308 g/mol. The lowest BCUT2D eigenvalue weighted by atomic mass is 10.1. The molecule has 1 unspecified atom stereocenters. The van der Waals surface area contributed by atoms with E-state index in [4.69, 9.17) is 17.0 Å². The summed E-state index contributed by atoms with van der Waals surface area (Å²) >= 11 is 5.16. The van der Waals surface area contributed by atoms with Gasteiger partial charge in [0.2, 0.25) is 0 Å². The molecule has 2 aromatic rings. The summed E-state index contributed by atoms with van der Waals surface area (Å²) in [6.07, 6.45) is 0. The van der Waals surface area contributed by atoms with Gasteiger partial charge in [-0.05, 0) is 43.8 Å². The number of aryl methyl sites for hydroxylation is 1. The summed E-state index contributed by atoms with van der Waals surface area (Å²) in [6.45, 7) is 3.90. The molecule has 0 saturated carbocycles. The lowest BCUT2D eigenvalue weighted by Crippen LogP contribution is -2.42. The first kappa shape index (κ1) is 17.0. The van der Waals surface area contributed by atoms with Gasteiger partial charge in [0.05, 0.1) is 6.04 Å². The highest BCUT2D eigenvalue weighted by Gasteiger charge is 2.09. The average molecular weight is 328 g/mol. The quantitative estimate of drug-likeness (QED) is 0.828. The van der Waals surface area contributed by atoms with Gasteiger partial charge < -0.3 is 15.4 Å². The third-order valence-electron chi connectivity index (χ3n) is 3.29. The number of thiocarbonyl (C=S) groups is 1. The molecule has 0 aliphatic carbocycles. The average Bonchev–Trinajstić information content (AvgIpc) is 2.55. The maximum Gasteiger partial charge on any atom is 0.264 e. The molecule has 23 heavy (non-hydrogen) atoms. The Morgan fingerprint density at radius 2 is 1.78 bits per heavy atom. The van der Waals surface area contributed by atoms with E-state index in [1.54, 1.807) is 0 Å². The van der Waals surface area contributed by atoms with Crippen molar-refractivity contribution >= 4 is 23.2 Å². The number of ether oxygens (including phenoxy) is 1. The van der Waals surface area contributed by atoms with Crippen LogP contribution < -0.4 is 15.4 Å². The van der Waals surface area contributed by atoms with Crippen LogP contribution in [0.3, 0.4) is 0 Å². The fourth-order valence-electron chi connectivity index (χ4n) is 2.00. The van der Waals surface area contributed by atoms with Crippen LogP contribution in [0.5, 0.6) is 5.75 Å². The topological polar surface area (TPSA) is 50.4 Å². The van der Waals surface area contributed by atoms with Crippen molar-refractivity contribution in [2.24, 2.45) is 0 Å². The van der Waals surface area contributed by atoms with Gasteiger partial charge in [0.1, 0.15) is 5.75 Å². The standard InChI is InChI=1S/C18H20N2O2S/c1-13-8-10-16(11-9-13)22-12-17(21)20-18(23)19-14(2)15-6-4-3-5-7-15/h3-11,14H,12H2,1-2H3,(H2,19,20,21,23). The van der Waals surface area contributed by atoms with Crippen LogP contribution in [0, 0.1) is 6.92 Å². The van der Waals surface area contributed by atoms with Crippen LogP contribution in [-0.2, 0) is 4.79 Å². The van der Waals surface area contributed by atoms with Crippen molar-refractivity contribution in [2.45, 2.75) is 19.9 Å². The van der Waals surface area contributed by atoms with Gasteiger partial charge in [-0.2, -0.15) is 0 Å². The number of nitrogens with one attached hydrogen (secondary N) is 2. The highest BCUT2D eigenvalue weighted by molar-refractivity contribution is 7.80. The van der Waals surface area contributed by atoms with Gasteiger partial charge in [-0.1, -0.05) is 48.0 Å². The molecule has 2 rings (SSSR count). The molecule has 4 nitrogen and oxygen atoms in total. The number of benzene rings is 2. The van der Waals surface area contributed by atoms with Gasteiger partial charge in [-0.3, -0.25) is 4.79 Å². The zero-order valence-electron chi connectivity index (χ0n) is 13.2. The van der Waals surface area contributed by atoms with Crippen molar-refractivity contribution in [1.82, 2.24) is 10.6 Å². The smallest absolute Gasteiger partial charge is 0.264 e. The van der Waals surface area contributed by atoms with E-state index in [0.29, 0.717) is 10.9 Å². The predicted octanol–water partition coefficient (Wildman–Crippen LogP) is 3.13. The van der Waals surface area contributed by atoms with Crippen LogP contribution in [0.15, 0.2) is 54.6 Å².